The molecule has 134 valence electrons. The molecule has 0 fully saturated rings. The number of ether oxygens (including phenoxy) is 1. The molecule has 0 spiro atoms. The summed E-state index contributed by atoms with van der Waals surface area (Å²) >= 11 is 0. The summed E-state index contributed by atoms with van der Waals surface area (Å²) in [7, 11) is 0. The molecule has 0 radical (unpaired) electrons. The zero-order chi connectivity index (χ0) is 17.8. The van der Waals surface area contributed by atoms with Crippen LogP contribution in [0.1, 0.15) is 40.9 Å². The summed E-state index contributed by atoms with van der Waals surface area (Å²) in [6.07, 6.45) is 5.49. The van der Waals surface area contributed by atoms with E-state index in [1.807, 2.05) is 48.5 Å². The average molecular weight is 348 g/mol. The largest absolute Gasteiger partial charge is 0.494 e. The molecule has 1 heterocycles. The summed E-state index contributed by atoms with van der Waals surface area (Å²) in [6, 6.07) is 15.7. The van der Waals surface area contributed by atoms with Crippen molar-refractivity contribution in [3.8, 4) is 5.75 Å². The smallest absolute Gasteiger partial charge is 0.251 e. The first-order chi connectivity index (χ1) is 12.8. The second kappa shape index (κ2) is 7.65. The van der Waals surface area contributed by atoms with Gasteiger partial charge in [-0.25, -0.2) is 0 Å². The van der Waals surface area contributed by atoms with E-state index in [1.54, 1.807) is 0 Å². The van der Waals surface area contributed by atoms with Gasteiger partial charge in [0.05, 0.1) is 6.61 Å². The summed E-state index contributed by atoms with van der Waals surface area (Å²) < 4.78 is 5.65. The van der Waals surface area contributed by atoms with Gasteiger partial charge in [-0.3, -0.25) is 4.79 Å². The van der Waals surface area contributed by atoms with Crippen LogP contribution >= 0.6 is 0 Å². The van der Waals surface area contributed by atoms with Crippen molar-refractivity contribution in [3.05, 3.63) is 65.4 Å². The number of amides is 1. The van der Waals surface area contributed by atoms with Gasteiger partial charge in [-0.2, -0.15) is 0 Å². The Morgan fingerprint density at radius 1 is 1.08 bits per heavy atom. The van der Waals surface area contributed by atoms with Crippen LogP contribution in [0.25, 0.3) is 10.9 Å². The molecule has 0 saturated carbocycles. The number of para-hydroxylation sites is 1. The molecule has 1 aliphatic carbocycles. The molecule has 2 N–H and O–H groups in total. The number of hydrogen-bond acceptors (Lipinski definition) is 2. The van der Waals surface area contributed by atoms with Crippen molar-refractivity contribution in [2.45, 2.75) is 32.1 Å². The molecule has 0 saturated heterocycles. The summed E-state index contributed by atoms with van der Waals surface area (Å²) in [5, 5.41) is 4.20. The van der Waals surface area contributed by atoms with Gasteiger partial charge in [0.1, 0.15) is 5.75 Å². The molecule has 26 heavy (non-hydrogen) atoms. The Morgan fingerprint density at radius 3 is 2.81 bits per heavy atom. The fourth-order valence-corrected chi connectivity index (χ4v) is 3.63. The summed E-state index contributed by atoms with van der Waals surface area (Å²) in [6.45, 7) is 1.20. The number of aryl methyl sites for hydroxylation is 2. The number of benzene rings is 2. The van der Waals surface area contributed by atoms with E-state index in [1.165, 1.54) is 29.5 Å². The third-order valence-corrected chi connectivity index (χ3v) is 4.98. The molecule has 1 aliphatic rings. The Bertz CT molecular complexity index is 899. The van der Waals surface area contributed by atoms with Crippen LogP contribution in [0, 0.1) is 0 Å². The molecule has 1 amide bonds. The van der Waals surface area contributed by atoms with Crippen molar-refractivity contribution in [2.24, 2.45) is 0 Å². The minimum Gasteiger partial charge on any atom is -0.494 e. The molecule has 1 aromatic heterocycles. The van der Waals surface area contributed by atoms with Gasteiger partial charge in [-0.05, 0) is 68.0 Å². The first-order valence-corrected chi connectivity index (χ1v) is 9.41. The minimum absolute atomic E-state index is 0.0163. The van der Waals surface area contributed by atoms with E-state index in [0.717, 1.165) is 36.1 Å². The molecule has 4 nitrogen and oxygen atoms in total. The molecular weight excluding hydrogens is 324 g/mol. The lowest BCUT2D eigenvalue weighted by Crippen LogP contribution is -2.25. The Hall–Kier alpha value is -2.75. The molecular formula is C22H24N2O2. The van der Waals surface area contributed by atoms with Crippen LogP contribution in [0.15, 0.2) is 48.5 Å². The van der Waals surface area contributed by atoms with Crippen molar-refractivity contribution in [2.75, 3.05) is 13.2 Å². The molecule has 0 aliphatic heterocycles. The highest BCUT2D eigenvalue weighted by molar-refractivity contribution is 5.99. The highest BCUT2D eigenvalue weighted by Crippen LogP contribution is 2.29. The first kappa shape index (κ1) is 16.7. The number of nitrogens with one attached hydrogen (secondary N) is 2. The Kier molecular flexibility index (Phi) is 4.91. The van der Waals surface area contributed by atoms with E-state index in [9.17, 15) is 4.79 Å². The van der Waals surface area contributed by atoms with Crippen molar-refractivity contribution in [3.63, 3.8) is 0 Å². The number of fused-ring (bicyclic) bond motifs is 3. The molecule has 3 aromatic rings. The summed E-state index contributed by atoms with van der Waals surface area (Å²) in [5.41, 5.74) is 4.62. The topological polar surface area (TPSA) is 54.1 Å². The predicted octanol–water partition coefficient (Wildman–Crippen LogP) is 4.25. The number of H-pyrrole nitrogens is 1. The number of aromatic nitrogens is 1. The maximum absolute atomic E-state index is 12.4. The number of hydrogen-bond donors (Lipinski definition) is 2. The van der Waals surface area contributed by atoms with Gasteiger partial charge in [0.15, 0.2) is 0 Å². The van der Waals surface area contributed by atoms with Crippen molar-refractivity contribution >= 4 is 16.8 Å². The van der Waals surface area contributed by atoms with E-state index in [4.69, 9.17) is 4.74 Å². The van der Waals surface area contributed by atoms with Crippen LogP contribution in [0.3, 0.4) is 0 Å². The van der Waals surface area contributed by atoms with Gasteiger partial charge in [0, 0.05) is 28.7 Å². The molecule has 4 heteroatoms. The SMILES string of the molecule is O=C(NCCCOc1ccccc1)c1ccc2[nH]c3c(c2c1)CCCC3. The lowest BCUT2D eigenvalue weighted by Gasteiger charge is -2.10. The van der Waals surface area contributed by atoms with Gasteiger partial charge in [-0.15, -0.1) is 0 Å². The zero-order valence-electron chi connectivity index (χ0n) is 14.9. The van der Waals surface area contributed by atoms with Gasteiger partial charge >= 0.3 is 0 Å². The normalized spacial score (nSPS) is 13.4. The quantitative estimate of drug-likeness (QED) is 0.655. The van der Waals surface area contributed by atoms with Gasteiger partial charge in [0.2, 0.25) is 0 Å². The van der Waals surface area contributed by atoms with Crippen molar-refractivity contribution in [1.29, 1.82) is 0 Å². The number of rotatable bonds is 6. The standard InChI is InChI=1S/C22H24N2O2/c25-22(23-13-6-14-26-17-7-2-1-3-8-17)16-11-12-21-19(15-16)18-9-4-5-10-20(18)24-21/h1-3,7-8,11-12,15,24H,4-6,9-10,13-14H2,(H,23,25). The molecule has 0 bridgehead atoms. The Balaban J connectivity index is 1.33. The Labute approximate surface area is 153 Å². The van der Waals surface area contributed by atoms with Crippen molar-refractivity contribution < 1.29 is 9.53 Å². The van der Waals surface area contributed by atoms with Gasteiger partial charge in [0.25, 0.3) is 5.91 Å². The van der Waals surface area contributed by atoms with Crippen LogP contribution in [0.2, 0.25) is 0 Å². The van der Waals surface area contributed by atoms with Crippen LogP contribution < -0.4 is 10.1 Å². The number of carbonyl (C=O) groups excluding carboxylic acids is 1. The third-order valence-electron chi connectivity index (χ3n) is 4.98. The first-order valence-electron chi connectivity index (χ1n) is 9.41. The molecule has 0 unspecified atom stereocenters. The third kappa shape index (κ3) is 3.59. The fourth-order valence-electron chi connectivity index (χ4n) is 3.63. The van der Waals surface area contributed by atoms with Crippen LogP contribution in [-0.4, -0.2) is 24.0 Å². The molecule has 2 aromatic carbocycles. The highest BCUT2D eigenvalue weighted by Gasteiger charge is 2.16. The van der Waals surface area contributed by atoms with Crippen LogP contribution in [0.5, 0.6) is 5.75 Å². The predicted molar refractivity (Wildman–Crippen MR) is 104 cm³/mol. The molecule has 0 atom stereocenters. The number of carbonyl (C=O) groups is 1. The van der Waals surface area contributed by atoms with E-state index < -0.39 is 0 Å². The maximum Gasteiger partial charge on any atom is 0.251 e. The van der Waals surface area contributed by atoms with Crippen molar-refractivity contribution in [1.82, 2.24) is 10.3 Å². The number of aromatic amines is 1. The summed E-state index contributed by atoms with van der Waals surface area (Å²) in [4.78, 5) is 16.0. The Morgan fingerprint density at radius 2 is 1.92 bits per heavy atom. The highest BCUT2D eigenvalue weighted by atomic mass is 16.5. The van der Waals surface area contributed by atoms with Gasteiger partial charge < -0.3 is 15.0 Å². The maximum atomic E-state index is 12.4. The minimum atomic E-state index is -0.0163. The van der Waals surface area contributed by atoms with E-state index in [0.29, 0.717) is 13.2 Å². The second-order valence-corrected chi connectivity index (χ2v) is 6.82. The second-order valence-electron chi connectivity index (χ2n) is 6.82. The van der Waals surface area contributed by atoms with E-state index in [-0.39, 0.29) is 5.91 Å². The van der Waals surface area contributed by atoms with E-state index >= 15 is 0 Å². The summed E-state index contributed by atoms with van der Waals surface area (Å²) in [5.74, 6) is 0.846. The van der Waals surface area contributed by atoms with Gasteiger partial charge in [-0.1, -0.05) is 18.2 Å². The fraction of sp³-hybridized carbons (Fsp3) is 0.318. The lowest BCUT2D eigenvalue weighted by molar-refractivity contribution is 0.0951. The average Bonchev–Trinajstić information content (AvgIpc) is 3.06. The zero-order valence-corrected chi connectivity index (χ0v) is 14.9. The molecule has 4 rings (SSSR count). The van der Waals surface area contributed by atoms with Crippen LogP contribution in [-0.2, 0) is 12.8 Å². The monoisotopic (exact) mass is 348 g/mol. The lowest BCUT2D eigenvalue weighted by atomic mass is 9.95. The van der Waals surface area contributed by atoms with Crippen LogP contribution in [0.4, 0.5) is 0 Å². The van der Waals surface area contributed by atoms with E-state index in [2.05, 4.69) is 10.3 Å².